The number of benzene rings is 1. The third-order valence-electron chi connectivity index (χ3n) is 4.19. The first-order valence-corrected chi connectivity index (χ1v) is 9.34. The van der Waals surface area contributed by atoms with Crippen LogP contribution in [0.15, 0.2) is 48.7 Å². The fraction of sp³-hybridized carbons (Fsp3) is 0.211. The molecule has 0 spiro atoms. The van der Waals surface area contributed by atoms with Crippen molar-refractivity contribution in [3.63, 3.8) is 0 Å². The van der Waals surface area contributed by atoms with Crippen LogP contribution in [0.3, 0.4) is 0 Å². The zero-order valence-electron chi connectivity index (χ0n) is 14.2. The van der Waals surface area contributed by atoms with Crippen molar-refractivity contribution in [2.24, 2.45) is 0 Å². The van der Waals surface area contributed by atoms with Gasteiger partial charge in [-0.2, -0.15) is 5.10 Å². The fourth-order valence-electron chi connectivity index (χ4n) is 2.91. The van der Waals surface area contributed by atoms with Gasteiger partial charge in [0.25, 0.3) is 0 Å². The Morgan fingerprint density at radius 3 is 2.85 bits per heavy atom. The highest BCUT2D eigenvalue weighted by atomic mass is 32.2. The minimum absolute atomic E-state index is 0.0273. The van der Waals surface area contributed by atoms with Crippen molar-refractivity contribution in [2.75, 3.05) is 11.1 Å². The molecule has 1 aliphatic heterocycles. The Morgan fingerprint density at radius 2 is 2.08 bits per heavy atom. The first-order valence-electron chi connectivity index (χ1n) is 8.29. The summed E-state index contributed by atoms with van der Waals surface area (Å²) in [5.41, 5.74) is 4.00. The highest BCUT2D eigenvalue weighted by Crippen LogP contribution is 2.42. The lowest BCUT2D eigenvalue weighted by Gasteiger charge is -2.15. The van der Waals surface area contributed by atoms with E-state index in [0.29, 0.717) is 18.2 Å². The number of nitrogens with zero attached hydrogens (tertiary/aromatic N) is 2. The van der Waals surface area contributed by atoms with Gasteiger partial charge < -0.3 is 10.1 Å². The standard InChI is InChI=1S/C19H18N4O2S/c1-12-17-18(26-11-16(24)21-19(17)23-22-12)13-5-7-15(8-6-13)25-10-14-4-2-3-9-20-14/h2-9,18H,10-11H2,1H3,(H2,21,22,23,24). The molecule has 6 nitrogen and oxygen atoms in total. The Bertz CT molecular complexity index is 909. The summed E-state index contributed by atoms with van der Waals surface area (Å²) in [6, 6.07) is 13.7. The number of amides is 1. The topological polar surface area (TPSA) is 79.9 Å². The van der Waals surface area contributed by atoms with Gasteiger partial charge in [-0.1, -0.05) is 18.2 Å². The van der Waals surface area contributed by atoms with E-state index in [1.165, 1.54) is 0 Å². The van der Waals surface area contributed by atoms with Crippen molar-refractivity contribution in [2.45, 2.75) is 18.8 Å². The van der Waals surface area contributed by atoms with Crippen molar-refractivity contribution >= 4 is 23.5 Å². The van der Waals surface area contributed by atoms with E-state index in [2.05, 4.69) is 20.5 Å². The van der Waals surface area contributed by atoms with Crippen LogP contribution in [0.1, 0.15) is 27.8 Å². The predicted molar refractivity (Wildman–Crippen MR) is 101 cm³/mol. The summed E-state index contributed by atoms with van der Waals surface area (Å²) >= 11 is 1.60. The summed E-state index contributed by atoms with van der Waals surface area (Å²) in [7, 11) is 0. The van der Waals surface area contributed by atoms with E-state index >= 15 is 0 Å². The summed E-state index contributed by atoms with van der Waals surface area (Å²) in [5.74, 6) is 1.79. The van der Waals surface area contributed by atoms with Gasteiger partial charge in [-0.25, -0.2) is 0 Å². The molecule has 4 rings (SSSR count). The molecule has 0 radical (unpaired) electrons. The number of aromatic nitrogens is 3. The molecule has 1 amide bonds. The SMILES string of the molecule is Cc1[nH]nc2c1C(c1ccc(OCc3ccccn3)cc1)SCC(=O)N2. The molecule has 0 aliphatic carbocycles. The Kier molecular flexibility index (Phi) is 4.62. The smallest absolute Gasteiger partial charge is 0.235 e. The number of pyridine rings is 1. The molecule has 0 bridgehead atoms. The first kappa shape index (κ1) is 16.7. The number of hydrogen-bond acceptors (Lipinski definition) is 5. The highest BCUT2D eigenvalue weighted by molar-refractivity contribution is 8.00. The molecule has 1 atom stereocenters. The van der Waals surface area contributed by atoms with Crippen LogP contribution < -0.4 is 10.1 Å². The maximum atomic E-state index is 11.9. The normalized spacial score (nSPS) is 16.5. The largest absolute Gasteiger partial charge is 0.487 e. The number of aromatic amines is 1. The highest BCUT2D eigenvalue weighted by Gasteiger charge is 2.28. The monoisotopic (exact) mass is 366 g/mol. The van der Waals surface area contributed by atoms with E-state index in [1.54, 1.807) is 18.0 Å². The van der Waals surface area contributed by atoms with Crippen LogP contribution in [0.4, 0.5) is 5.82 Å². The van der Waals surface area contributed by atoms with Gasteiger partial charge in [-0.05, 0) is 36.8 Å². The number of fused-ring (bicyclic) bond motifs is 1. The van der Waals surface area contributed by atoms with Crippen LogP contribution in [0.2, 0.25) is 0 Å². The Morgan fingerprint density at radius 1 is 1.23 bits per heavy atom. The van der Waals surface area contributed by atoms with E-state index in [0.717, 1.165) is 28.3 Å². The van der Waals surface area contributed by atoms with Crippen LogP contribution in [-0.4, -0.2) is 26.8 Å². The van der Waals surface area contributed by atoms with Crippen molar-refractivity contribution in [3.05, 3.63) is 71.2 Å². The van der Waals surface area contributed by atoms with Crippen molar-refractivity contribution in [1.29, 1.82) is 0 Å². The number of hydrogen-bond donors (Lipinski definition) is 2. The minimum atomic E-state index is -0.0273. The molecule has 7 heteroatoms. The quantitative estimate of drug-likeness (QED) is 0.739. The van der Waals surface area contributed by atoms with Crippen LogP contribution in [-0.2, 0) is 11.4 Å². The second-order valence-corrected chi connectivity index (χ2v) is 7.12. The molecule has 2 N–H and O–H groups in total. The van der Waals surface area contributed by atoms with E-state index in [-0.39, 0.29) is 11.2 Å². The third-order valence-corrected chi connectivity index (χ3v) is 5.46. The van der Waals surface area contributed by atoms with E-state index in [9.17, 15) is 4.79 Å². The van der Waals surface area contributed by atoms with Crippen LogP contribution >= 0.6 is 11.8 Å². The second-order valence-electron chi connectivity index (χ2n) is 6.03. The summed E-state index contributed by atoms with van der Waals surface area (Å²) in [6.45, 7) is 2.41. The number of nitrogens with one attached hydrogen (secondary N) is 2. The summed E-state index contributed by atoms with van der Waals surface area (Å²) in [6.07, 6.45) is 1.76. The zero-order chi connectivity index (χ0) is 17.9. The van der Waals surface area contributed by atoms with Gasteiger partial charge in [0.1, 0.15) is 12.4 Å². The van der Waals surface area contributed by atoms with Gasteiger partial charge >= 0.3 is 0 Å². The molecule has 0 saturated carbocycles. The average molecular weight is 366 g/mol. The summed E-state index contributed by atoms with van der Waals surface area (Å²) < 4.78 is 5.80. The minimum Gasteiger partial charge on any atom is -0.487 e. The average Bonchev–Trinajstić information content (AvgIpc) is 2.93. The Hall–Kier alpha value is -2.80. The molecule has 26 heavy (non-hydrogen) atoms. The fourth-order valence-corrected chi connectivity index (χ4v) is 4.10. The number of carbonyl (C=O) groups is 1. The summed E-state index contributed by atoms with van der Waals surface area (Å²) in [5, 5.41) is 10.1. The number of H-pyrrole nitrogens is 1. The summed E-state index contributed by atoms with van der Waals surface area (Å²) in [4.78, 5) is 16.1. The number of ether oxygens (including phenoxy) is 1. The molecule has 3 heterocycles. The van der Waals surface area contributed by atoms with Crippen molar-refractivity contribution < 1.29 is 9.53 Å². The second kappa shape index (κ2) is 7.21. The number of aryl methyl sites for hydroxylation is 1. The lowest BCUT2D eigenvalue weighted by molar-refractivity contribution is -0.113. The number of rotatable bonds is 4. The molecule has 0 fully saturated rings. The molecule has 2 aromatic heterocycles. The Labute approximate surface area is 155 Å². The molecule has 0 saturated heterocycles. The van der Waals surface area contributed by atoms with Crippen molar-refractivity contribution in [3.8, 4) is 5.75 Å². The maximum absolute atomic E-state index is 11.9. The van der Waals surface area contributed by atoms with Crippen LogP contribution in [0.5, 0.6) is 5.75 Å². The number of anilines is 1. The molecule has 1 unspecified atom stereocenters. The predicted octanol–water partition coefficient (Wildman–Crippen LogP) is 3.47. The van der Waals surface area contributed by atoms with Crippen molar-refractivity contribution in [1.82, 2.24) is 15.2 Å². The first-order chi connectivity index (χ1) is 12.7. The molecule has 132 valence electrons. The van der Waals surface area contributed by atoms with Gasteiger partial charge in [-0.3, -0.25) is 14.9 Å². The Balaban J connectivity index is 1.53. The molecule has 3 aromatic rings. The lowest BCUT2D eigenvalue weighted by atomic mass is 10.0. The van der Waals surface area contributed by atoms with Gasteiger partial charge in [-0.15, -0.1) is 11.8 Å². The molecule has 1 aliphatic rings. The third kappa shape index (κ3) is 3.43. The van der Waals surface area contributed by atoms with Gasteiger partial charge in [0, 0.05) is 17.5 Å². The van der Waals surface area contributed by atoms with Crippen LogP contribution in [0, 0.1) is 6.92 Å². The van der Waals surface area contributed by atoms with E-state index < -0.39 is 0 Å². The molecular weight excluding hydrogens is 348 g/mol. The van der Waals surface area contributed by atoms with E-state index in [4.69, 9.17) is 4.74 Å². The van der Waals surface area contributed by atoms with Crippen LogP contribution in [0.25, 0.3) is 0 Å². The lowest BCUT2D eigenvalue weighted by Crippen LogP contribution is -2.12. The van der Waals surface area contributed by atoms with E-state index in [1.807, 2.05) is 49.4 Å². The van der Waals surface area contributed by atoms with Gasteiger partial charge in [0.2, 0.25) is 5.91 Å². The molecule has 1 aromatic carbocycles. The maximum Gasteiger partial charge on any atom is 0.235 e. The molecular formula is C19H18N4O2S. The van der Waals surface area contributed by atoms with Gasteiger partial charge in [0.15, 0.2) is 5.82 Å². The number of carbonyl (C=O) groups excluding carboxylic acids is 1. The zero-order valence-corrected chi connectivity index (χ0v) is 15.0. The van der Waals surface area contributed by atoms with Gasteiger partial charge in [0.05, 0.1) is 16.7 Å². The number of thioether (sulfide) groups is 1.